The van der Waals surface area contributed by atoms with E-state index in [0.29, 0.717) is 60.0 Å². The van der Waals surface area contributed by atoms with Crippen molar-refractivity contribution < 1.29 is 23.7 Å². The maximum atomic E-state index is 13.7. The van der Waals surface area contributed by atoms with Crippen LogP contribution in [0.3, 0.4) is 0 Å². The van der Waals surface area contributed by atoms with E-state index < -0.39 is 6.09 Å². The molecule has 5 rings (SSSR count). The van der Waals surface area contributed by atoms with E-state index >= 15 is 0 Å². The highest BCUT2D eigenvalue weighted by Crippen LogP contribution is 2.41. The molecule has 1 N–H and O–H groups in total. The van der Waals surface area contributed by atoms with Crippen LogP contribution in [-0.4, -0.2) is 93.0 Å². The first-order chi connectivity index (χ1) is 23.3. The average Bonchev–Trinajstić information content (AvgIpc) is 3.10. The van der Waals surface area contributed by atoms with E-state index in [1.165, 1.54) is 4.90 Å². The van der Waals surface area contributed by atoms with Crippen LogP contribution in [0.2, 0.25) is 0 Å². The van der Waals surface area contributed by atoms with E-state index in [2.05, 4.69) is 27.1 Å². The van der Waals surface area contributed by atoms with Gasteiger partial charge >= 0.3 is 6.09 Å². The molecule has 1 aliphatic rings. The van der Waals surface area contributed by atoms with Crippen LogP contribution in [0.1, 0.15) is 23.1 Å². The number of rotatable bonds is 14. The number of benzene rings is 3. The van der Waals surface area contributed by atoms with Gasteiger partial charge in [-0.15, -0.1) is 0 Å². The Balaban J connectivity index is 1.31. The van der Waals surface area contributed by atoms with Gasteiger partial charge in [-0.1, -0.05) is 48.5 Å². The Morgan fingerprint density at radius 2 is 1.58 bits per heavy atom. The van der Waals surface area contributed by atoms with E-state index in [1.807, 2.05) is 74.5 Å². The quantitative estimate of drug-likeness (QED) is 0.160. The molecular weight excluding hydrogens is 608 g/mol. The molecule has 0 bridgehead atoms. The minimum absolute atomic E-state index is 0.294. The van der Waals surface area contributed by atoms with Crippen molar-refractivity contribution in [2.45, 2.75) is 26.7 Å². The third-order valence-electron chi connectivity index (χ3n) is 8.38. The minimum atomic E-state index is -0.523. The Morgan fingerprint density at radius 1 is 0.896 bits per heavy atom. The molecule has 1 saturated heterocycles. The molecule has 0 radical (unpaired) electrons. The summed E-state index contributed by atoms with van der Waals surface area (Å²) in [6, 6.07) is 21.1. The number of aryl methyl sites for hydroxylation is 2. The number of para-hydroxylation sites is 1. The molecule has 11 nitrogen and oxygen atoms in total. The minimum Gasteiger partial charge on any atom is -0.493 e. The fourth-order valence-corrected chi connectivity index (χ4v) is 5.60. The first kappa shape index (κ1) is 34.5. The van der Waals surface area contributed by atoms with Crippen LogP contribution in [0.25, 0.3) is 0 Å². The Labute approximate surface area is 283 Å². The highest BCUT2D eigenvalue weighted by atomic mass is 16.6. The van der Waals surface area contributed by atoms with Crippen LogP contribution in [0.5, 0.6) is 23.0 Å². The van der Waals surface area contributed by atoms with Gasteiger partial charge in [0.25, 0.3) is 0 Å². The summed E-state index contributed by atoms with van der Waals surface area (Å²) in [6.45, 7) is 10.0. The van der Waals surface area contributed by atoms with Gasteiger partial charge in [0.1, 0.15) is 11.6 Å². The molecule has 1 fully saturated rings. The molecule has 1 aromatic heterocycles. The van der Waals surface area contributed by atoms with Crippen molar-refractivity contribution in [1.82, 2.24) is 19.8 Å². The largest absolute Gasteiger partial charge is 0.493 e. The lowest BCUT2D eigenvalue weighted by atomic mass is 10.1. The molecule has 1 amide bonds. The van der Waals surface area contributed by atoms with Crippen molar-refractivity contribution in [1.29, 1.82) is 0 Å². The van der Waals surface area contributed by atoms with Crippen LogP contribution >= 0.6 is 0 Å². The predicted molar refractivity (Wildman–Crippen MR) is 188 cm³/mol. The summed E-state index contributed by atoms with van der Waals surface area (Å²) >= 11 is 0. The molecule has 254 valence electrons. The average molecular weight is 655 g/mol. The van der Waals surface area contributed by atoms with Gasteiger partial charge in [-0.25, -0.2) is 9.78 Å². The number of hydrogen-bond donors (Lipinski definition) is 1. The number of piperazine rings is 1. The van der Waals surface area contributed by atoms with Crippen molar-refractivity contribution in [3.63, 3.8) is 0 Å². The Bertz CT molecular complexity index is 1600. The van der Waals surface area contributed by atoms with E-state index in [0.717, 1.165) is 55.8 Å². The molecule has 0 saturated carbocycles. The number of aromatic nitrogens is 2. The molecule has 11 heteroatoms. The fourth-order valence-electron chi connectivity index (χ4n) is 5.60. The van der Waals surface area contributed by atoms with Gasteiger partial charge in [-0.05, 0) is 56.5 Å². The molecule has 3 aromatic carbocycles. The van der Waals surface area contributed by atoms with Gasteiger partial charge < -0.3 is 34.1 Å². The lowest BCUT2D eigenvalue weighted by molar-refractivity contribution is 0.144. The summed E-state index contributed by atoms with van der Waals surface area (Å²) in [6.07, 6.45) is 2.59. The van der Waals surface area contributed by atoms with E-state index in [9.17, 15) is 4.79 Å². The Morgan fingerprint density at radius 3 is 2.25 bits per heavy atom. The zero-order valence-corrected chi connectivity index (χ0v) is 28.6. The lowest BCUT2D eigenvalue weighted by Gasteiger charge is -2.32. The maximum Gasteiger partial charge on any atom is 0.420 e. The number of likely N-dealkylation sites (N-methyl/N-ethyl adjacent to an activating group) is 1. The number of carbonyl (C=O) groups is 1. The maximum absolute atomic E-state index is 13.7. The zero-order chi connectivity index (χ0) is 33.9. The first-order valence-electron chi connectivity index (χ1n) is 16.3. The van der Waals surface area contributed by atoms with Gasteiger partial charge in [0.2, 0.25) is 11.7 Å². The molecular formula is C37H46N6O5. The van der Waals surface area contributed by atoms with Gasteiger partial charge in [-0.3, -0.25) is 4.90 Å². The van der Waals surface area contributed by atoms with Gasteiger partial charge in [0.05, 0.1) is 20.8 Å². The van der Waals surface area contributed by atoms with Crippen molar-refractivity contribution in [2.24, 2.45) is 0 Å². The number of nitrogens with zero attached hydrogens (tertiary/aromatic N) is 5. The molecule has 0 atom stereocenters. The summed E-state index contributed by atoms with van der Waals surface area (Å²) in [7, 11) is 5.35. The van der Waals surface area contributed by atoms with Gasteiger partial charge in [-0.2, -0.15) is 4.98 Å². The Kier molecular flexibility index (Phi) is 12.1. The summed E-state index contributed by atoms with van der Waals surface area (Å²) in [5.74, 6) is 2.82. The van der Waals surface area contributed by atoms with Gasteiger partial charge in [0, 0.05) is 63.3 Å². The fraction of sp³-hybridized carbons (Fsp3) is 0.378. The summed E-state index contributed by atoms with van der Waals surface area (Å²) in [5.41, 5.74) is 3.48. The molecule has 0 spiro atoms. The monoisotopic (exact) mass is 654 g/mol. The van der Waals surface area contributed by atoms with Crippen LogP contribution < -0.4 is 29.2 Å². The highest BCUT2D eigenvalue weighted by molar-refractivity contribution is 5.88. The lowest BCUT2D eigenvalue weighted by Crippen LogP contribution is -2.44. The van der Waals surface area contributed by atoms with Crippen molar-refractivity contribution >= 4 is 23.5 Å². The Hall–Kier alpha value is -4.87. The predicted octanol–water partition coefficient (Wildman–Crippen LogP) is 6.12. The van der Waals surface area contributed by atoms with Crippen LogP contribution in [0.4, 0.5) is 22.2 Å². The SMILES string of the molecule is COc1cc(Nc2nccc(N(CCc3ccccc3)C(=O)Oc3c(C)cccc3C)n2)cc(OC)c1OCCCN1CCN(C)CC1. The molecule has 0 aliphatic carbocycles. The highest BCUT2D eigenvalue weighted by Gasteiger charge is 2.22. The van der Waals surface area contributed by atoms with E-state index in [4.69, 9.17) is 23.9 Å². The molecule has 4 aromatic rings. The molecule has 2 heterocycles. The normalized spacial score (nSPS) is 13.5. The second-order valence-electron chi connectivity index (χ2n) is 11.9. The van der Waals surface area contributed by atoms with Crippen LogP contribution in [0.15, 0.2) is 72.9 Å². The van der Waals surface area contributed by atoms with Crippen LogP contribution in [0, 0.1) is 13.8 Å². The number of nitrogens with one attached hydrogen (secondary N) is 1. The van der Waals surface area contributed by atoms with E-state index in [-0.39, 0.29) is 0 Å². The van der Waals surface area contributed by atoms with Crippen molar-refractivity contribution in [3.8, 4) is 23.0 Å². The molecule has 48 heavy (non-hydrogen) atoms. The number of ether oxygens (including phenoxy) is 4. The smallest absolute Gasteiger partial charge is 0.420 e. The number of methoxy groups -OCH3 is 2. The zero-order valence-electron chi connectivity index (χ0n) is 28.6. The summed E-state index contributed by atoms with van der Waals surface area (Å²) < 4.78 is 23.5. The number of amides is 1. The second kappa shape index (κ2) is 16.8. The molecule has 0 unspecified atom stereocenters. The number of hydrogen-bond acceptors (Lipinski definition) is 10. The number of carbonyl (C=O) groups excluding carboxylic acids is 1. The van der Waals surface area contributed by atoms with Crippen molar-refractivity contribution in [2.75, 3.05) is 77.4 Å². The molecule has 1 aliphatic heterocycles. The summed E-state index contributed by atoms with van der Waals surface area (Å²) in [5, 5.41) is 3.24. The van der Waals surface area contributed by atoms with E-state index in [1.54, 1.807) is 26.5 Å². The van der Waals surface area contributed by atoms with Gasteiger partial charge in [0.15, 0.2) is 11.5 Å². The van der Waals surface area contributed by atoms with Crippen LogP contribution in [-0.2, 0) is 6.42 Å². The topological polar surface area (TPSA) is 102 Å². The first-order valence-corrected chi connectivity index (χ1v) is 16.3. The van der Waals surface area contributed by atoms with Crippen molar-refractivity contribution in [3.05, 3.63) is 89.6 Å². The standard InChI is InChI=1S/C37H46N6O5/c1-27-11-9-12-28(2)34(27)48-37(44)43(19-16-29-13-7-6-8-14-29)33-15-17-38-36(40-33)39-30-25-31(45-4)35(32(26-30)46-5)47-24-10-18-42-22-20-41(3)21-23-42/h6-9,11-15,17,25-26H,10,16,18-24H2,1-5H3,(H,38,39,40). The third-order valence-corrected chi connectivity index (χ3v) is 8.38. The third kappa shape index (κ3) is 9.14. The second-order valence-corrected chi connectivity index (χ2v) is 11.9. The number of anilines is 3. The summed E-state index contributed by atoms with van der Waals surface area (Å²) in [4.78, 5) is 29.2.